The van der Waals surface area contributed by atoms with Crippen LogP contribution in [0.2, 0.25) is 0 Å². The predicted octanol–water partition coefficient (Wildman–Crippen LogP) is -0.372. The number of hydrogen-bond acceptors (Lipinski definition) is 7. The lowest BCUT2D eigenvalue weighted by Crippen LogP contribution is -2.32. The zero-order valence-corrected chi connectivity index (χ0v) is 17.3. The average Bonchev–Trinajstić information content (AvgIpc) is 2.72. The molecule has 164 valence electrons. The van der Waals surface area contributed by atoms with Crippen molar-refractivity contribution >= 4 is 15.9 Å². The maximum absolute atomic E-state index is 12.2. The Morgan fingerprint density at radius 1 is 1.07 bits per heavy atom. The first kappa shape index (κ1) is 23.8. The van der Waals surface area contributed by atoms with E-state index in [0.717, 1.165) is 5.56 Å². The van der Waals surface area contributed by atoms with Crippen molar-refractivity contribution in [2.24, 2.45) is 5.14 Å². The molecule has 1 unspecified atom stereocenters. The molecule has 0 fully saturated rings. The molecule has 2 aromatic carbocycles. The number of amides is 1. The molecule has 2 rings (SSSR count). The van der Waals surface area contributed by atoms with Crippen LogP contribution in [0.4, 0.5) is 0 Å². The number of nitrogens with two attached hydrogens (primary N) is 1. The molecule has 0 aromatic heterocycles. The van der Waals surface area contributed by atoms with Gasteiger partial charge in [-0.2, -0.15) is 0 Å². The molecule has 1 atom stereocenters. The standard InChI is InChI=1S/C20H27N3O6S/c21-30(27,28)19-7-1-15(2-8-19)9-10-23-20(26)16-3-5-18(6-4-16)29-14-17(25)13-22-11-12-24/h1-8,17,22,24-25H,9-14H2,(H,23,26)(H2,21,27,28). The van der Waals surface area contributed by atoms with Gasteiger partial charge in [-0.1, -0.05) is 12.1 Å². The van der Waals surface area contributed by atoms with Crippen molar-refractivity contribution in [2.45, 2.75) is 17.4 Å². The van der Waals surface area contributed by atoms with Crippen molar-refractivity contribution < 1.29 is 28.2 Å². The van der Waals surface area contributed by atoms with Crippen molar-refractivity contribution in [3.8, 4) is 5.75 Å². The van der Waals surface area contributed by atoms with Crippen molar-refractivity contribution in [3.63, 3.8) is 0 Å². The number of benzene rings is 2. The number of aliphatic hydroxyl groups excluding tert-OH is 2. The second-order valence-electron chi connectivity index (χ2n) is 6.61. The van der Waals surface area contributed by atoms with E-state index in [2.05, 4.69) is 10.6 Å². The molecule has 0 radical (unpaired) electrons. The number of sulfonamides is 1. The highest BCUT2D eigenvalue weighted by Gasteiger charge is 2.09. The van der Waals surface area contributed by atoms with Gasteiger partial charge in [0, 0.05) is 25.2 Å². The van der Waals surface area contributed by atoms with Crippen LogP contribution in [0.1, 0.15) is 15.9 Å². The zero-order valence-electron chi connectivity index (χ0n) is 16.5. The van der Waals surface area contributed by atoms with E-state index in [1.165, 1.54) is 12.1 Å². The van der Waals surface area contributed by atoms with Gasteiger partial charge < -0.3 is 25.6 Å². The lowest BCUT2D eigenvalue weighted by Gasteiger charge is -2.13. The van der Waals surface area contributed by atoms with E-state index < -0.39 is 16.1 Å². The third kappa shape index (κ3) is 8.09. The fourth-order valence-corrected chi connectivity index (χ4v) is 3.09. The van der Waals surface area contributed by atoms with Crippen molar-refractivity contribution in [3.05, 3.63) is 59.7 Å². The normalized spacial score (nSPS) is 12.4. The van der Waals surface area contributed by atoms with E-state index in [1.807, 2.05) is 0 Å². The van der Waals surface area contributed by atoms with E-state index >= 15 is 0 Å². The highest BCUT2D eigenvalue weighted by molar-refractivity contribution is 7.89. The lowest BCUT2D eigenvalue weighted by atomic mass is 10.1. The van der Waals surface area contributed by atoms with E-state index in [-0.39, 0.29) is 24.0 Å². The molecule has 0 aliphatic rings. The third-order valence-corrected chi connectivity index (χ3v) is 5.11. The van der Waals surface area contributed by atoms with E-state index in [9.17, 15) is 18.3 Å². The summed E-state index contributed by atoms with van der Waals surface area (Å²) in [6.07, 6.45) is -0.168. The second kappa shape index (κ2) is 11.6. The molecule has 0 heterocycles. The average molecular weight is 438 g/mol. The van der Waals surface area contributed by atoms with Gasteiger partial charge in [0.2, 0.25) is 10.0 Å². The number of rotatable bonds is 12. The number of nitrogens with one attached hydrogen (secondary N) is 2. The Bertz CT molecular complexity index is 901. The zero-order chi connectivity index (χ0) is 22.0. The van der Waals surface area contributed by atoms with Crippen LogP contribution in [0.3, 0.4) is 0 Å². The molecule has 9 nitrogen and oxygen atoms in total. The first-order chi connectivity index (χ1) is 14.3. The summed E-state index contributed by atoms with van der Waals surface area (Å²) in [6, 6.07) is 12.7. The SMILES string of the molecule is NS(=O)(=O)c1ccc(CCNC(=O)c2ccc(OCC(O)CNCCO)cc2)cc1. The highest BCUT2D eigenvalue weighted by Crippen LogP contribution is 2.13. The summed E-state index contributed by atoms with van der Waals surface area (Å²) in [5.41, 5.74) is 1.34. The summed E-state index contributed by atoms with van der Waals surface area (Å²) in [5.74, 6) is 0.290. The largest absolute Gasteiger partial charge is 0.491 e. The Labute approximate surface area is 175 Å². The molecular weight excluding hydrogens is 410 g/mol. The van der Waals surface area contributed by atoms with Gasteiger partial charge in [-0.05, 0) is 48.4 Å². The maximum Gasteiger partial charge on any atom is 0.251 e. The molecule has 0 aliphatic carbocycles. The fraction of sp³-hybridized carbons (Fsp3) is 0.350. The molecular formula is C20H27N3O6S. The van der Waals surface area contributed by atoms with Gasteiger partial charge in [0.1, 0.15) is 18.5 Å². The number of primary sulfonamides is 1. The van der Waals surface area contributed by atoms with Crippen LogP contribution < -0.4 is 20.5 Å². The topological polar surface area (TPSA) is 151 Å². The number of carbonyl (C=O) groups excluding carboxylic acids is 1. The lowest BCUT2D eigenvalue weighted by molar-refractivity contribution is 0.0953. The maximum atomic E-state index is 12.2. The summed E-state index contributed by atoms with van der Waals surface area (Å²) in [7, 11) is -3.71. The van der Waals surface area contributed by atoms with Crippen molar-refractivity contribution in [2.75, 3.05) is 32.8 Å². The Morgan fingerprint density at radius 2 is 1.73 bits per heavy atom. The first-order valence-corrected chi connectivity index (χ1v) is 11.0. The van der Waals surface area contributed by atoms with Gasteiger partial charge in [0.15, 0.2) is 0 Å². The molecule has 0 aliphatic heterocycles. The monoisotopic (exact) mass is 437 g/mol. The molecule has 0 bridgehead atoms. The van der Waals surface area contributed by atoms with Crippen molar-refractivity contribution in [1.29, 1.82) is 0 Å². The molecule has 0 saturated carbocycles. The third-order valence-electron chi connectivity index (χ3n) is 4.18. The van der Waals surface area contributed by atoms with Gasteiger partial charge in [0.05, 0.1) is 11.5 Å². The Kier molecular flexibility index (Phi) is 9.21. The molecule has 6 N–H and O–H groups in total. The van der Waals surface area contributed by atoms with E-state index in [0.29, 0.717) is 37.4 Å². The molecule has 30 heavy (non-hydrogen) atoms. The molecule has 1 amide bonds. The van der Waals surface area contributed by atoms with Gasteiger partial charge in [-0.15, -0.1) is 0 Å². The summed E-state index contributed by atoms with van der Waals surface area (Å²) in [6.45, 7) is 1.20. The number of aliphatic hydroxyl groups is 2. The smallest absolute Gasteiger partial charge is 0.251 e. The molecule has 2 aromatic rings. The van der Waals surface area contributed by atoms with Gasteiger partial charge in [0.25, 0.3) is 5.91 Å². The molecule has 0 saturated heterocycles. The number of hydrogen-bond donors (Lipinski definition) is 5. The van der Waals surface area contributed by atoms with Gasteiger partial charge in [-0.25, -0.2) is 13.6 Å². The summed E-state index contributed by atoms with van der Waals surface area (Å²) < 4.78 is 28.0. The Hall–Kier alpha value is -2.50. The summed E-state index contributed by atoms with van der Waals surface area (Å²) >= 11 is 0. The van der Waals surface area contributed by atoms with E-state index in [4.69, 9.17) is 15.0 Å². The summed E-state index contributed by atoms with van der Waals surface area (Å²) in [4.78, 5) is 12.3. The van der Waals surface area contributed by atoms with Crippen LogP contribution in [0.5, 0.6) is 5.75 Å². The minimum atomic E-state index is -3.71. The minimum Gasteiger partial charge on any atom is -0.491 e. The quantitative estimate of drug-likeness (QED) is 0.284. The van der Waals surface area contributed by atoms with Crippen LogP contribution in [-0.4, -0.2) is 63.5 Å². The highest BCUT2D eigenvalue weighted by atomic mass is 32.2. The van der Waals surface area contributed by atoms with E-state index in [1.54, 1.807) is 36.4 Å². The number of carbonyl (C=O) groups is 1. The van der Waals surface area contributed by atoms with Crippen LogP contribution >= 0.6 is 0 Å². The van der Waals surface area contributed by atoms with Gasteiger partial charge in [-0.3, -0.25) is 4.79 Å². The Balaban J connectivity index is 1.75. The minimum absolute atomic E-state index is 0.00198. The van der Waals surface area contributed by atoms with Crippen LogP contribution in [0.25, 0.3) is 0 Å². The first-order valence-electron chi connectivity index (χ1n) is 9.42. The van der Waals surface area contributed by atoms with Crippen LogP contribution in [0, 0.1) is 0 Å². The Morgan fingerprint density at radius 3 is 2.33 bits per heavy atom. The summed E-state index contributed by atoms with van der Waals surface area (Å²) in [5, 5.41) is 29.2. The fourth-order valence-electron chi connectivity index (χ4n) is 2.57. The molecule has 0 spiro atoms. The molecule has 10 heteroatoms. The second-order valence-corrected chi connectivity index (χ2v) is 8.17. The van der Waals surface area contributed by atoms with Crippen LogP contribution in [0.15, 0.2) is 53.4 Å². The van der Waals surface area contributed by atoms with Gasteiger partial charge >= 0.3 is 0 Å². The number of ether oxygens (including phenoxy) is 1. The van der Waals surface area contributed by atoms with Crippen molar-refractivity contribution in [1.82, 2.24) is 10.6 Å². The predicted molar refractivity (Wildman–Crippen MR) is 112 cm³/mol. The van der Waals surface area contributed by atoms with Crippen LogP contribution in [-0.2, 0) is 16.4 Å².